The summed E-state index contributed by atoms with van der Waals surface area (Å²) in [4.78, 5) is 5.45. The summed E-state index contributed by atoms with van der Waals surface area (Å²) in [7, 11) is 0. The van der Waals surface area contributed by atoms with Crippen LogP contribution in [0.2, 0.25) is 0 Å². The molecule has 0 bridgehead atoms. The zero-order chi connectivity index (χ0) is 15.2. The van der Waals surface area contributed by atoms with Gasteiger partial charge in [-0.15, -0.1) is 0 Å². The molecule has 0 aromatic heterocycles. The molecule has 1 aliphatic carbocycles. The van der Waals surface area contributed by atoms with Crippen molar-refractivity contribution < 1.29 is 0 Å². The van der Waals surface area contributed by atoms with Crippen LogP contribution >= 0.6 is 0 Å². The van der Waals surface area contributed by atoms with Crippen LogP contribution in [0, 0.1) is 11.8 Å². The fraction of sp³-hybridized carbons (Fsp3) is 1.00. The minimum absolute atomic E-state index is 0.734. The van der Waals surface area contributed by atoms with Crippen molar-refractivity contribution in [3.63, 3.8) is 0 Å². The quantitative estimate of drug-likeness (QED) is 0.813. The number of nitrogens with zero attached hydrogens (tertiary/aromatic N) is 2. The Hall–Kier alpha value is -0.120. The van der Waals surface area contributed by atoms with E-state index in [1.807, 2.05) is 0 Å². The molecule has 0 amide bonds. The van der Waals surface area contributed by atoms with Crippen molar-refractivity contribution in [3.05, 3.63) is 0 Å². The Morgan fingerprint density at radius 3 is 2.43 bits per heavy atom. The highest BCUT2D eigenvalue weighted by atomic mass is 15.3. The van der Waals surface area contributed by atoms with E-state index in [9.17, 15) is 0 Å². The van der Waals surface area contributed by atoms with Gasteiger partial charge in [0.2, 0.25) is 0 Å². The third-order valence-corrected chi connectivity index (χ3v) is 5.23. The molecule has 21 heavy (non-hydrogen) atoms. The van der Waals surface area contributed by atoms with Gasteiger partial charge < -0.3 is 10.2 Å². The van der Waals surface area contributed by atoms with Crippen LogP contribution in [0.3, 0.4) is 0 Å². The van der Waals surface area contributed by atoms with Crippen molar-refractivity contribution >= 4 is 0 Å². The molecule has 3 heteroatoms. The van der Waals surface area contributed by atoms with Crippen LogP contribution in [0.5, 0.6) is 0 Å². The third kappa shape index (κ3) is 5.22. The van der Waals surface area contributed by atoms with Gasteiger partial charge in [-0.2, -0.15) is 0 Å². The van der Waals surface area contributed by atoms with Crippen LogP contribution in [0.4, 0.5) is 0 Å². The molecule has 2 aliphatic rings. The average molecular weight is 296 g/mol. The smallest absolute Gasteiger partial charge is 0.0252 e. The first kappa shape index (κ1) is 17.2. The van der Waals surface area contributed by atoms with Gasteiger partial charge in [0.05, 0.1) is 0 Å². The van der Waals surface area contributed by atoms with Crippen molar-refractivity contribution in [2.75, 3.05) is 39.3 Å². The Morgan fingerprint density at radius 2 is 1.81 bits per heavy atom. The Bertz CT molecular complexity index is 282. The van der Waals surface area contributed by atoms with Gasteiger partial charge in [-0.1, -0.05) is 27.7 Å². The predicted molar refractivity (Wildman–Crippen MR) is 91.7 cm³/mol. The first-order valence-corrected chi connectivity index (χ1v) is 9.30. The van der Waals surface area contributed by atoms with Crippen molar-refractivity contribution in [2.45, 2.75) is 65.5 Å². The lowest BCUT2D eigenvalue weighted by atomic mass is 9.82. The second-order valence-corrected chi connectivity index (χ2v) is 7.78. The Morgan fingerprint density at radius 1 is 1.10 bits per heavy atom. The SMILES string of the molecule is CCCNC1CCC(C)CC1N1CCN(CC(C)C)CC1. The van der Waals surface area contributed by atoms with Crippen LogP contribution in [0.25, 0.3) is 0 Å². The van der Waals surface area contributed by atoms with Crippen LogP contribution in [0.15, 0.2) is 0 Å². The maximum atomic E-state index is 3.83. The van der Waals surface area contributed by atoms with Crippen molar-refractivity contribution in [1.29, 1.82) is 0 Å². The number of piperazine rings is 1. The van der Waals surface area contributed by atoms with E-state index >= 15 is 0 Å². The largest absolute Gasteiger partial charge is 0.312 e. The molecule has 0 spiro atoms. The summed E-state index contributed by atoms with van der Waals surface area (Å²) >= 11 is 0. The van der Waals surface area contributed by atoms with E-state index in [1.54, 1.807) is 0 Å². The fourth-order valence-corrected chi connectivity index (χ4v) is 4.12. The second-order valence-electron chi connectivity index (χ2n) is 7.78. The molecule has 1 aliphatic heterocycles. The summed E-state index contributed by atoms with van der Waals surface area (Å²) in [6.07, 6.45) is 5.43. The first-order valence-electron chi connectivity index (χ1n) is 9.30. The Labute approximate surface area is 132 Å². The third-order valence-electron chi connectivity index (χ3n) is 5.23. The lowest BCUT2D eigenvalue weighted by Crippen LogP contribution is -2.58. The maximum absolute atomic E-state index is 3.83. The van der Waals surface area contributed by atoms with Gasteiger partial charge in [0.1, 0.15) is 0 Å². The fourth-order valence-electron chi connectivity index (χ4n) is 4.12. The van der Waals surface area contributed by atoms with Crippen LogP contribution in [-0.2, 0) is 0 Å². The molecule has 2 fully saturated rings. The Kier molecular flexibility index (Phi) is 6.97. The molecule has 124 valence electrons. The van der Waals surface area contributed by atoms with Crippen LogP contribution in [-0.4, -0.2) is 61.2 Å². The van der Waals surface area contributed by atoms with E-state index < -0.39 is 0 Å². The zero-order valence-corrected chi connectivity index (χ0v) is 14.8. The normalized spacial score (nSPS) is 32.7. The minimum Gasteiger partial charge on any atom is -0.312 e. The van der Waals surface area contributed by atoms with Gasteiger partial charge in [0, 0.05) is 44.8 Å². The minimum atomic E-state index is 0.734. The molecule has 2 rings (SSSR count). The summed E-state index contributed by atoms with van der Waals surface area (Å²) in [5.74, 6) is 1.70. The molecule has 0 aromatic carbocycles. The second kappa shape index (κ2) is 8.50. The van der Waals surface area contributed by atoms with E-state index in [0.29, 0.717) is 0 Å². The number of nitrogens with one attached hydrogen (secondary N) is 1. The number of hydrogen-bond acceptors (Lipinski definition) is 3. The Balaban J connectivity index is 1.86. The first-order chi connectivity index (χ1) is 10.1. The molecule has 3 atom stereocenters. The molecular weight excluding hydrogens is 258 g/mol. The van der Waals surface area contributed by atoms with Gasteiger partial charge >= 0.3 is 0 Å². The lowest BCUT2D eigenvalue weighted by Gasteiger charge is -2.46. The highest BCUT2D eigenvalue weighted by Gasteiger charge is 2.33. The maximum Gasteiger partial charge on any atom is 0.0252 e. The van der Waals surface area contributed by atoms with Gasteiger partial charge in [0.15, 0.2) is 0 Å². The molecule has 3 unspecified atom stereocenters. The summed E-state index contributed by atoms with van der Waals surface area (Å²) < 4.78 is 0. The summed E-state index contributed by atoms with van der Waals surface area (Å²) in [6.45, 7) is 16.9. The summed E-state index contributed by atoms with van der Waals surface area (Å²) in [6, 6.07) is 1.51. The standard InChI is InChI=1S/C18H37N3/c1-5-8-19-17-7-6-16(4)13-18(17)21-11-9-20(10-12-21)14-15(2)3/h15-19H,5-14H2,1-4H3. The molecule has 1 saturated heterocycles. The van der Waals surface area contributed by atoms with Crippen molar-refractivity contribution in [1.82, 2.24) is 15.1 Å². The zero-order valence-electron chi connectivity index (χ0n) is 14.8. The molecule has 1 saturated carbocycles. The van der Waals surface area contributed by atoms with E-state index in [1.165, 1.54) is 65.0 Å². The molecule has 0 radical (unpaired) electrons. The molecule has 0 aromatic rings. The summed E-state index contributed by atoms with van der Waals surface area (Å²) in [5, 5.41) is 3.83. The van der Waals surface area contributed by atoms with Crippen molar-refractivity contribution in [2.24, 2.45) is 11.8 Å². The van der Waals surface area contributed by atoms with Crippen LogP contribution in [0.1, 0.15) is 53.4 Å². The van der Waals surface area contributed by atoms with Gasteiger partial charge in [-0.3, -0.25) is 4.90 Å². The van der Waals surface area contributed by atoms with E-state index in [4.69, 9.17) is 0 Å². The van der Waals surface area contributed by atoms with Crippen LogP contribution < -0.4 is 5.32 Å². The number of rotatable bonds is 6. The molecule has 1 heterocycles. The molecule has 3 nitrogen and oxygen atoms in total. The number of hydrogen-bond donors (Lipinski definition) is 1. The van der Waals surface area contributed by atoms with E-state index in [0.717, 1.165) is 23.9 Å². The monoisotopic (exact) mass is 295 g/mol. The highest BCUT2D eigenvalue weighted by molar-refractivity contribution is 4.92. The summed E-state index contributed by atoms with van der Waals surface area (Å²) in [5.41, 5.74) is 0. The van der Waals surface area contributed by atoms with E-state index in [2.05, 4.69) is 42.8 Å². The average Bonchev–Trinajstić information content (AvgIpc) is 2.46. The van der Waals surface area contributed by atoms with E-state index in [-0.39, 0.29) is 0 Å². The van der Waals surface area contributed by atoms with Gasteiger partial charge in [-0.05, 0) is 44.1 Å². The van der Waals surface area contributed by atoms with Gasteiger partial charge in [-0.25, -0.2) is 0 Å². The topological polar surface area (TPSA) is 18.5 Å². The molecule has 1 N–H and O–H groups in total. The molecular formula is C18H37N3. The van der Waals surface area contributed by atoms with Crippen molar-refractivity contribution in [3.8, 4) is 0 Å². The van der Waals surface area contributed by atoms with Gasteiger partial charge in [0.25, 0.3) is 0 Å². The lowest BCUT2D eigenvalue weighted by molar-refractivity contribution is 0.0466. The highest BCUT2D eigenvalue weighted by Crippen LogP contribution is 2.28. The predicted octanol–water partition coefficient (Wildman–Crippen LogP) is 2.82.